The first-order valence-corrected chi connectivity index (χ1v) is 3.64. The lowest BCUT2D eigenvalue weighted by Crippen LogP contribution is -1.99. The lowest BCUT2D eigenvalue weighted by atomic mass is 10.1. The Morgan fingerprint density at radius 2 is 2.27 bits per heavy atom. The lowest BCUT2D eigenvalue weighted by molar-refractivity contribution is 0.111. The summed E-state index contributed by atoms with van der Waals surface area (Å²) in [6.45, 7) is 4.15. The highest BCUT2D eigenvalue weighted by Crippen LogP contribution is 2.13. The van der Waals surface area contributed by atoms with E-state index in [4.69, 9.17) is 0 Å². The molecule has 0 fully saturated rings. The van der Waals surface area contributed by atoms with Crippen LogP contribution in [0.5, 0.6) is 0 Å². The van der Waals surface area contributed by atoms with Gasteiger partial charge in [0.05, 0.1) is 0 Å². The summed E-state index contributed by atoms with van der Waals surface area (Å²) in [4.78, 5) is 10.3. The highest BCUT2D eigenvalue weighted by Gasteiger charge is 2.06. The third-order valence-electron chi connectivity index (χ3n) is 1.65. The average Bonchev–Trinajstić information content (AvgIpc) is 2.30. The first kappa shape index (κ1) is 7.98. The van der Waals surface area contributed by atoms with Crippen molar-refractivity contribution in [3.05, 3.63) is 17.5 Å². The van der Waals surface area contributed by atoms with E-state index >= 15 is 0 Å². The second-order valence-electron chi connectivity index (χ2n) is 2.89. The Balaban J connectivity index is 3.06. The molecule has 3 heteroatoms. The summed E-state index contributed by atoms with van der Waals surface area (Å²) in [6, 6.07) is 1.82. The fourth-order valence-corrected chi connectivity index (χ4v) is 1.10. The smallest absolute Gasteiger partial charge is 0.170 e. The van der Waals surface area contributed by atoms with E-state index < -0.39 is 0 Å². The van der Waals surface area contributed by atoms with Crippen molar-refractivity contribution in [1.82, 2.24) is 9.78 Å². The molecule has 0 aliphatic heterocycles. The van der Waals surface area contributed by atoms with Gasteiger partial charge >= 0.3 is 0 Å². The van der Waals surface area contributed by atoms with Crippen LogP contribution in [0.1, 0.15) is 35.9 Å². The summed E-state index contributed by atoms with van der Waals surface area (Å²) in [5, 5.41) is 4.00. The van der Waals surface area contributed by atoms with Gasteiger partial charge in [0, 0.05) is 12.7 Å². The Hall–Kier alpha value is -1.12. The van der Waals surface area contributed by atoms with Crippen LogP contribution in [0.4, 0.5) is 0 Å². The largest absolute Gasteiger partial charge is 0.296 e. The van der Waals surface area contributed by atoms with Gasteiger partial charge in [-0.1, -0.05) is 13.8 Å². The molecule has 60 valence electrons. The Labute approximate surface area is 66.0 Å². The van der Waals surface area contributed by atoms with Crippen LogP contribution >= 0.6 is 0 Å². The monoisotopic (exact) mass is 152 g/mol. The molecule has 0 aliphatic carbocycles. The normalized spacial score (nSPS) is 10.5. The van der Waals surface area contributed by atoms with Gasteiger partial charge in [-0.15, -0.1) is 0 Å². The molecule has 0 aromatic carbocycles. The predicted molar refractivity (Wildman–Crippen MR) is 42.7 cm³/mol. The minimum atomic E-state index is 0.418. The second-order valence-corrected chi connectivity index (χ2v) is 2.89. The number of aromatic nitrogens is 2. The van der Waals surface area contributed by atoms with Crippen molar-refractivity contribution in [2.24, 2.45) is 7.05 Å². The molecule has 0 radical (unpaired) electrons. The fourth-order valence-electron chi connectivity index (χ4n) is 1.10. The molecular formula is C8H12N2O. The maximum absolute atomic E-state index is 10.3. The number of hydrogen-bond acceptors (Lipinski definition) is 2. The Morgan fingerprint density at radius 3 is 2.55 bits per heavy atom. The third kappa shape index (κ3) is 1.48. The number of nitrogens with zero attached hydrogens (tertiary/aromatic N) is 2. The maximum Gasteiger partial charge on any atom is 0.170 e. The summed E-state index contributed by atoms with van der Waals surface area (Å²) in [5.74, 6) is 0.418. The molecule has 1 aromatic rings. The number of rotatable bonds is 2. The van der Waals surface area contributed by atoms with Crippen molar-refractivity contribution in [1.29, 1.82) is 0 Å². The average molecular weight is 152 g/mol. The summed E-state index contributed by atoms with van der Waals surface area (Å²) in [5.41, 5.74) is 1.60. The molecule has 11 heavy (non-hydrogen) atoms. The van der Waals surface area contributed by atoms with Gasteiger partial charge in [-0.2, -0.15) is 5.10 Å². The molecule has 0 spiro atoms. The summed E-state index contributed by atoms with van der Waals surface area (Å²) in [6.07, 6.45) is 0.770. The number of aldehydes is 1. The second kappa shape index (κ2) is 2.86. The van der Waals surface area contributed by atoms with Gasteiger partial charge in [-0.05, 0) is 12.0 Å². The van der Waals surface area contributed by atoms with Gasteiger partial charge in [-0.3, -0.25) is 9.48 Å². The van der Waals surface area contributed by atoms with Crippen LogP contribution in [-0.4, -0.2) is 16.1 Å². The van der Waals surface area contributed by atoms with E-state index in [0.717, 1.165) is 12.0 Å². The number of aryl methyl sites for hydroxylation is 1. The number of carbonyl (C=O) groups excluding carboxylic acids is 1. The van der Waals surface area contributed by atoms with Gasteiger partial charge in [0.1, 0.15) is 5.69 Å². The van der Waals surface area contributed by atoms with Crippen LogP contribution < -0.4 is 0 Å². The van der Waals surface area contributed by atoms with E-state index in [1.165, 1.54) is 0 Å². The van der Waals surface area contributed by atoms with Crippen LogP contribution in [0.3, 0.4) is 0 Å². The quantitative estimate of drug-likeness (QED) is 0.600. The summed E-state index contributed by atoms with van der Waals surface area (Å²) >= 11 is 0. The van der Waals surface area contributed by atoms with E-state index in [1.807, 2.05) is 13.1 Å². The first-order chi connectivity index (χ1) is 5.15. The van der Waals surface area contributed by atoms with Crippen molar-refractivity contribution in [2.75, 3.05) is 0 Å². The molecule has 1 rings (SSSR count). The van der Waals surface area contributed by atoms with E-state index in [2.05, 4.69) is 18.9 Å². The van der Waals surface area contributed by atoms with Gasteiger partial charge in [0.15, 0.2) is 6.29 Å². The molecule has 3 nitrogen and oxygen atoms in total. The maximum atomic E-state index is 10.3. The molecule has 0 N–H and O–H groups in total. The van der Waals surface area contributed by atoms with E-state index in [0.29, 0.717) is 11.6 Å². The zero-order valence-electron chi connectivity index (χ0n) is 7.03. The summed E-state index contributed by atoms with van der Waals surface area (Å²) < 4.78 is 1.74. The molecule has 0 saturated carbocycles. The molecule has 1 aromatic heterocycles. The van der Waals surface area contributed by atoms with Gasteiger partial charge in [-0.25, -0.2) is 0 Å². The fraction of sp³-hybridized carbons (Fsp3) is 0.500. The molecule has 0 unspecified atom stereocenters. The first-order valence-electron chi connectivity index (χ1n) is 3.64. The van der Waals surface area contributed by atoms with Crippen molar-refractivity contribution >= 4 is 6.29 Å². The van der Waals surface area contributed by atoms with Crippen LogP contribution in [0.2, 0.25) is 0 Å². The van der Waals surface area contributed by atoms with Gasteiger partial charge in [0.2, 0.25) is 0 Å². The van der Waals surface area contributed by atoms with Crippen molar-refractivity contribution < 1.29 is 4.79 Å². The van der Waals surface area contributed by atoms with Crippen molar-refractivity contribution in [3.8, 4) is 0 Å². The molecule has 0 atom stereocenters. The van der Waals surface area contributed by atoms with Crippen LogP contribution in [0.15, 0.2) is 6.07 Å². The third-order valence-corrected chi connectivity index (χ3v) is 1.65. The topological polar surface area (TPSA) is 34.9 Å². The number of hydrogen-bond donors (Lipinski definition) is 0. The minimum absolute atomic E-state index is 0.418. The highest BCUT2D eigenvalue weighted by atomic mass is 16.1. The van der Waals surface area contributed by atoms with Crippen molar-refractivity contribution in [2.45, 2.75) is 19.8 Å². The van der Waals surface area contributed by atoms with Crippen LogP contribution in [-0.2, 0) is 7.05 Å². The molecule has 0 saturated heterocycles. The lowest BCUT2D eigenvalue weighted by Gasteiger charge is -2.02. The SMILES string of the molecule is CC(C)c1cc(C=O)nn1C. The zero-order valence-corrected chi connectivity index (χ0v) is 7.03. The molecule has 0 amide bonds. The van der Waals surface area contributed by atoms with Gasteiger partial charge < -0.3 is 0 Å². The molecule has 0 bridgehead atoms. The van der Waals surface area contributed by atoms with Crippen molar-refractivity contribution in [3.63, 3.8) is 0 Å². The highest BCUT2D eigenvalue weighted by molar-refractivity contribution is 5.71. The Kier molecular flexibility index (Phi) is 2.08. The summed E-state index contributed by atoms with van der Waals surface area (Å²) in [7, 11) is 1.85. The Morgan fingerprint density at radius 1 is 1.64 bits per heavy atom. The molecule has 1 heterocycles. The standard InChI is InChI=1S/C8H12N2O/c1-6(2)8-4-7(5-11)9-10(8)3/h4-6H,1-3H3. The zero-order chi connectivity index (χ0) is 8.43. The van der Waals surface area contributed by atoms with Crippen LogP contribution in [0.25, 0.3) is 0 Å². The van der Waals surface area contributed by atoms with E-state index in [9.17, 15) is 4.79 Å². The molecule has 0 aliphatic rings. The minimum Gasteiger partial charge on any atom is -0.296 e. The van der Waals surface area contributed by atoms with E-state index in [-0.39, 0.29) is 0 Å². The number of carbonyl (C=O) groups is 1. The van der Waals surface area contributed by atoms with Gasteiger partial charge in [0.25, 0.3) is 0 Å². The Bertz CT molecular complexity index is 263. The van der Waals surface area contributed by atoms with Crippen LogP contribution in [0, 0.1) is 0 Å². The predicted octanol–water partition coefficient (Wildman–Crippen LogP) is 1.36. The molecular weight excluding hydrogens is 140 g/mol. The van der Waals surface area contributed by atoms with E-state index in [1.54, 1.807) is 4.68 Å².